The van der Waals surface area contributed by atoms with Gasteiger partial charge in [0.1, 0.15) is 0 Å². The van der Waals surface area contributed by atoms with Gasteiger partial charge in [-0.25, -0.2) is 0 Å². The number of piperidine rings is 1. The number of likely N-dealkylation sites (tertiary alicyclic amines) is 3. The van der Waals surface area contributed by atoms with Gasteiger partial charge in [-0.1, -0.05) is 42.5 Å². The third kappa shape index (κ3) is 5.78. The molecule has 214 valence electrons. The van der Waals surface area contributed by atoms with Crippen LogP contribution in [0.25, 0.3) is 0 Å². The van der Waals surface area contributed by atoms with E-state index in [0.717, 1.165) is 69.7 Å². The van der Waals surface area contributed by atoms with Crippen molar-refractivity contribution in [3.05, 3.63) is 71.3 Å². The maximum Gasteiger partial charge on any atom is 0.416 e. The molecule has 0 N–H and O–H groups in total. The fourth-order valence-corrected chi connectivity index (χ4v) is 7.06. The number of hydrogen-bond acceptors (Lipinski definition) is 3. The van der Waals surface area contributed by atoms with E-state index in [1.807, 2.05) is 11.0 Å². The summed E-state index contributed by atoms with van der Waals surface area (Å²) < 4.78 is 38.7. The van der Waals surface area contributed by atoms with Crippen molar-refractivity contribution in [2.45, 2.75) is 57.2 Å². The molecule has 1 spiro atoms. The molecule has 0 aromatic heterocycles. The molecule has 4 fully saturated rings. The zero-order valence-corrected chi connectivity index (χ0v) is 22.9. The molecule has 2 amide bonds. The van der Waals surface area contributed by atoms with Gasteiger partial charge in [-0.15, -0.1) is 0 Å². The number of benzene rings is 2. The summed E-state index contributed by atoms with van der Waals surface area (Å²) in [7, 11) is 0. The molecular weight excluding hydrogens is 515 g/mol. The van der Waals surface area contributed by atoms with Crippen LogP contribution in [0.4, 0.5) is 13.2 Å². The van der Waals surface area contributed by atoms with Crippen LogP contribution in [0, 0.1) is 17.3 Å². The first kappa shape index (κ1) is 27.3. The average molecular weight is 554 g/mol. The van der Waals surface area contributed by atoms with Gasteiger partial charge in [0.25, 0.3) is 0 Å². The molecule has 2 aromatic rings. The van der Waals surface area contributed by atoms with Crippen molar-refractivity contribution >= 4 is 11.8 Å². The molecule has 8 heteroatoms. The second-order valence-corrected chi connectivity index (χ2v) is 12.5. The summed E-state index contributed by atoms with van der Waals surface area (Å²) in [5.74, 6) is 1.73. The van der Waals surface area contributed by atoms with Gasteiger partial charge >= 0.3 is 6.18 Å². The molecule has 2 atom stereocenters. The first-order chi connectivity index (χ1) is 19.2. The SMILES string of the molecule is O=C(CC1CC1)N1CC(c2ccccc2)[C@@H](CN2CCC3(CC2)CCN(Cc2ccc(C(F)(F)F)cc2)C3=O)C1. The van der Waals surface area contributed by atoms with E-state index in [2.05, 4.69) is 34.1 Å². The normalized spacial score (nSPS) is 25.2. The molecule has 1 saturated carbocycles. The Kier molecular flexibility index (Phi) is 7.40. The van der Waals surface area contributed by atoms with E-state index >= 15 is 0 Å². The highest BCUT2D eigenvalue weighted by atomic mass is 19.4. The molecule has 3 aliphatic heterocycles. The van der Waals surface area contributed by atoms with Crippen molar-refractivity contribution in [2.75, 3.05) is 39.3 Å². The van der Waals surface area contributed by atoms with Gasteiger partial charge in [0.2, 0.25) is 11.8 Å². The monoisotopic (exact) mass is 553 g/mol. The third-order valence-electron chi connectivity index (χ3n) is 9.74. The lowest BCUT2D eigenvalue weighted by Gasteiger charge is -2.39. The minimum atomic E-state index is -4.36. The lowest BCUT2D eigenvalue weighted by molar-refractivity contribution is -0.139. The van der Waals surface area contributed by atoms with Crippen molar-refractivity contribution in [3.8, 4) is 0 Å². The predicted molar refractivity (Wildman–Crippen MR) is 146 cm³/mol. The van der Waals surface area contributed by atoms with E-state index < -0.39 is 11.7 Å². The van der Waals surface area contributed by atoms with Crippen LogP contribution in [0.1, 0.15) is 61.1 Å². The lowest BCUT2D eigenvalue weighted by atomic mass is 9.76. The van der Waals surface area contributed by atoms with Crippen molar-refractivity contribution in [1.82, 2.24) is 14.7 Å². The van der Waals surface area contributed by atoms with Crippen LogP contribution in [0.5, 0.6) is 0 Å². The molecule has 0 radical (unpaired) electrons. The zero-order chi connectivity index (χ0) is 27.9. The van der Waals surface area contributed by atoms with Crippen LogP contribution < -0.4 is 0 Å². The Morgan fingerprint density at radius 2 is 1.57 bits per heavy atom. The fraction of sp³-hybridized carbons (Fsp3) is 0.562. The summed E-state index contributed by atoms with van der Waals surface area (Å²) in [5.41, 5.74) is 1.00. The van der Waals surface area contributed by atoms with Crippen molar-refractivity contribution < 1.29 is 22.8 Å². The van der Waals surface area contributed by atoms with Gasteiger partial charge in [-0.2, -0.15) is 13.2 Å². The Morgan fingerprint density at radius 1 is 0.900 bits per heavy atom. The minimum absolute atomic E-state index is 0.145. The summed E-state index contributed by atoms with van der Waals surface area (Å²) in [6, 6.07) is 15.7. The topological polar surface area (TPSA) is 43.9 Å². The number of nitrogens with zero attached hydrogens (tertiary/aromatic N) is 3. The quantitative estimate of drug-likeness (QED) is 0.451. The number of amides is 2. The fourth-order valence-electron chi connectivity index (χ4n) is 7.06. The predicted octanol–water partition coefficient (Wildman–Crippen LogP) is 5.56. The highest BCUT2D eigenvalue weighted by molar-refractivity contribution is 5.85. The molecule has 1 unspecified atom stereocenters. The van der Waals surface area contributed by atoms with E-state index in [1.54, 1.807) is 0 Å². The van der Waals surface area contributed by atoms with E-state index in [1.165, 1.54) is 30.5 Å². The molecule has 4 aliphatic rings. The number of carbonyl (C=O) groups excluding carboxylic acids is 2. The minimum Gasteiger partial charge on any atom is -0.342 e. The number of halogens is 3. The Morgan fingerprint density at radius 3 is 2.23 bits per heavy atom. The van der Waals surface area contributed by atoms with Gasteiger partial charge < -0.3 is 14.7 Å². The lowest BCUT2D eigenvalue weighted by Crippen LogP contribution is -2.46. The highest BCUT2D eigenvalue weighted by Crippen LogP contribution is 2.43. The summed E-state index contributed by atoms with van der Waals surface area (Å²) >= 11 is 0. The van der Waals surface area contributed by atoms with Gasteiger partial charge in [0, 0.05) is 45.1 Å². The molecule has 3 heterocycles. The first-order valence-electron chi connectivity index (χ1n) is 14.7. The molecule has 6 rings (SSSR count). The summed E-state index contributed by atoms with van der Waals surface area (Å²) in [6.45, 7) is 5.22. The zero-order valence-electron chi connectivity index (χ0n) is 22.9. The van der Waals surface area contributed by atoms with E-state index in [4.69, 9.17) is 0 Å². The molecular formula is C32H38F3N3O2. The largest absolute Gasteiger partial charge is 0.416 e. The summed E-state index contributed by atoms with van der Waals surface area (Å²) in [5, 5.41) is 0. The van der Waals surface area contributed by atoms with Crippen LogP contribution >= 0.6 is 0 Å². The molecule has 0 bridgehead atoms. The van der Waals surface area contributed by atoms with E-state index in [-0.39, 0.29) is 11.3 Å². The van der Waals surface area contributed by atoms with Crippen LogP contribution in [-0.4, -0.2) is 65.8 Å². The van der Waals surface area contributed by atoms with Crippen molar-refractivity contribution in [3.63, 3.8) is 0 Å². The third-order valence-corrected chi connectivity index (χ3v) is 9.74. The second kappa shape index (κ2) is 10.8. The maximum atomic E-state index is 13.5. The Bertz CT molecular complexity index is 1200. The maximum absolute atomic E-state index is 13.5. The Labute approximate surface area is 234 Å². The Hall–Kier alpha value is -2.87. The van der Waals surface area contributed by atoms with Gasteiger partial charge in [0.15, 0.2) is 0 Å². The summed E-state index contributed by atoms with van der Waals surface area (Å²) in [4.78, 5) is 32.8. The van der Waals surface area contributed by atoms with Crippen LogP contribution in [0.3, 0.4) is 0 Å². The second-order valence-electron chi connectivity index (χ2n) is 12.5. The van der Waals surface area contributed by atoms with E-state index in [9.17, 15) is 22.8 Å². The first-order valence-corrected chi connectivity index (χ1v) is 14.7. The molecule has 2 aromatic carbocycles. The molecule has 3 saturated heterocycles. The van der Waals surface area contributed by atoms with Crippen LogP contribution in [-0.2, 0) is 22.3 Å². The van der Waals surface area contributed by atoms with Crippen molar-refractivity contribution in [1.29, 1.82) is 0 Å². The number of alkyl halides is 3. The van der Waals surface area contributed by atoms with Gasteiger partial charge in [-0.3, -0.25) is 9.59 Å². The molecule has 40 heavy (non-hydrogen) atoms. The Balaban J connectivity index is 1.06. The summed E-state index contributed by atoms with van der Waals surface area (Å²) in [6.07, 6.45) is 1.11. The standard InChI is InChI=1S/C32H38F3N3O2/c33-32(34,35)27-10-8-24(9-11-27)19-37-17-14-31(30(37)40)12-15-36(16-13-31)20-26-21-38(29(39)18-23-6-7-23)22-28(26)25-4-2-1-3-5-25/h1-5,8-11,23,26,28H,6-7,12-22H2/t26-,28?/m0/s1. The number of carbonyl (C=O) groups is 2. The van der Waals surface area contributed by atoms with Crippen molar-refractivity contribution in [2.24, 2.45) is 17.3 Å². The number of rotatable bonds is 7. The molecule has 1 aliphatic carbocycles. The molecule has 5 nitrogen and oxygen atoms in total. The van der Waals surface area contributed by atoms with Gasteiger partial charge in [0.05, 0.1) is 11.0 Å². The van der Waals surface area contributed by atoms with Gasteiger partial charge in [-0.05, 0) is 80.3 Å². The highest BCUT2D eigenvalue weighted by Gasteiger charge is 2.48. The number of hydrogen-bond donors (Lipinski definition) is 0. The van der Waals surface area contributed by atoms with E-state index in [0.29, 0.717) is 43.2 Å². The average Bonchev–Trinajstić information content (AvgIpc) is 3.59. The van der Waals surface area contributed by atoms with Crippen LogP contribution in [0.2, 0.25) is 0 Å². The smallest absolute Gasteiger partial charge is 0.342 e. The van der Waals surface area contributed by atoms with Crippen LogP contribution in [0.15, 0.2) is 54.6 Å².